The molecule has 1 aliphatic heterocycles. The van der Waals surface area contributed by atoms with Gasteiger partial charge in [0.15, 0.2) is 0 Å². The van der Waals surface area contributed by atoms with Crippen molar-refractivity contribution < 1.29 is 9.53 Å². The summed E-state index contributed by atoms with van der Waals surface area (Å²) in [5.74, 6) is 0.484. The average Bonchev–Trinajstić information content (AvgIpc) is 2.41. The highest BCUT2D eigenvalue weighted by Gasteiger charge is 2.29. The van der Waals surface area contributed by atoms with Crippen molar-refractivity contribution in [2.75, 3.05) is 19.0 Å². The van der Waals surface area contributed by atoms with Gasteiger partial charge in [-0.15, -0.1) is 11.6 Å². The van der Waals surface area contributed by atoms with Crippen LogP contribution in [0.25, 0.3) is 0 Å². The van der Waals surface area contributed by atoms with Crippen LogP contribution in [0.15, 0.2) is 18.2 Å². The van der Waals surface area contributed by atoms with Gasteiger partial charge in [0.1, 0.15) is 0 Å². The molecule has 0 aliphatic carbocycles. The molecule has 0 radical (unpaired) electrons. The van der Waals surface area contributed by atoms with Crippen LogP contribution in [0.3, 0.4) is 0 Å². The normalized spacial score (nSPS) is 23.5. The number of hydrogen-bond acceptors (Lipinski definition) is 2. The van der Waals surface area contributed by atoms with Crippen LogP contribution in [0.2, 0.25) is 0 Å². The fourth-order valence-corrected chi connectivity index (χ4v) is 2.42. The fraction of sp³-hybridized carbons (Fsp3) is 0.533. The van der Waals surface area contributed by atoms with E-state index in [1.54, 1.807) is 0 Å². The molecule has 0 saturated carbocycles. The van der Waals surface area contributed by atoms with E-state index in [2.05, 4.69) is 0 Å². The highest BCUT2D eigenvalue weighted by atomic mass is 35.5. The van der Waals surface area contributed by atoms with Gasteiger partial charge in [-0.2, -0.15) is 0 Å². The van der Waals surface area contributed by atoms with Crippen molar-refractivity contribution in [3.8, 4) is 0 Å². The average molecular weight is 282 g/mol. The number of carbonyl (C=O) groups is 1. The molecule has 19 heavy (non-hydrogen) atoms. The van der Waals surface area contributed by atoms with Crippen molar-refractivity contribution in [1.82, 2.24) is 4.90 Å². The van der Waals surface area contributed by atoms with E-state index in [4.69, 9.17) is 16.3 Å². The van der Waals surface area contributed by atoms with E-state index in [0.29, 0.717) is 19.0 Å². The molecule has 2 rings (SSSR count). The molecular weight excluding hydrogens is 262 g/mol. The van der Waals surface area contributed by atoms with E-state index in [-0.39, 0.29) is 18.1 Å². The third-order valence-corrected chi connectivity index (χ3v) is 4.04. The summed E-state index contributed by atoms with van der Waals surface area (Å²) in [5, 5.41) is 0. The second kappa shape index (κ2) is 5.93. The minimum absolute atomic E-state index is 0.0617. The van der Waals surface area contributed by atoms with Gasteiger partial charge in [-0.3, -0.25) is 4.79 Å². The molecule has 1 aromatic rings. The molecule has 1 aliphatic rings. The number of morpholine rings is 1. The van der Waals surface area contributed by atoms with Gasteiger partial charge in [0, 0.05) is 12.1 Å². The van der Waals surface area contributed by atoms with Gasteiger partial charge in [0.05, 0.1) is 24.6 Å². The highest BCUT2D eigenvalue weighted by molar-refractivity contribution is 6.18. The molecule has 1 aromatic carbocycles. The van der Waals surface area contributed by atoms with Crippen molar-refractivity contribution in [2.24, 2.45) is 0 Å². The number of halogens is 1. The highest BCUT2D eigenvalue weighted by Crippen LogP contribution is 2.18. The quantitative estimate of drug-likeness (QED) is 0.780. The SMILES string of the molecule is Cc1ccc(C(=O)N2CC(CCl)OCC2C)cc1C. The zero-order chi connectivity index (χ0) is 14.0. The third kappa shape index (κ3) is 3.10. The zero-order valence-corrected chi connectivity index (χ0v) is 12.4. The van der Waals surface area contributed by atoms with Gasteiger partial charge >= 0.3 is 0 Å². The zero-order valence-electron chi connectivity index (χ0n) is 11.6. The number of benzene rings is 1. The maximum atomic E-state index is 12.6. The van der Waals surface area contributed by atoms with Crippen LogP contribution in [-0.4, -0.2) is 42.0 Å². The van der Waals surface area contributed by atoms with Gasteiger partial charge in [-0.25, -0.2) is 0 Å². The standard InChI is InChI=1S/C15H20ClNO2/c1-10-4-5-13(6-11(10)2)15(18)17-8-14(7-16)19-9-12(17)3/h4-6,12,14H,7-9H2,1-3H3. The minimum atomic E-state index is -0.0617. The second-order valence-corrected chi connectivity index (χ2v) is 5.52. The molecule has 0 aromatic heterocycles. The summed E-state index contributed by atoms with van der Waals surface area (Å²) < 4.78 is 5.57. The molecular formula is C15H20ClNO2. The summed E-state index contributed by atoms with van der Waals surface area (Å²) in [7, 11) is 0. The van der Waals surface area contributed by atoms with Crippen molar-refractivity contribution in [2.45, 2.75) is 32.9 Å². The first kappa shape index (κ1) is 14.4. The predicted octanol–water partition coefficient (Wildman–Crippen LogP) is 2.77. The number of hydrogen-bond donors (Lipinski definition) is 0. The molecule has 2 atom stereocenters. The van der Waals surface area contributed by atoms with Crippen LogP contribution < -0.4 is 0 Å². The van der Waals surface area contributed by atoms with Gasteiger partial charge in [0.25, 0.3) is 5.91 Å². The van der Waals surface area contributed by atoms with Gasteiger partial charge < -0.3 is 9.64 Å². The molecule has 0 N–H and O–H groups in total. The van der Waals surface area contributed by atoms with Crippen LogP contribution in [0.4, 0.5) is 0 Å². The first-order chi connectivity index (χ1) is 9.02. The number of alkyl halides is 1. The van der Waals surface area contributed by atoms with Gasteiger partial charge in [-0.1, -0.05) is 6.07 Å². The van der Waals surface area contributed by atoms with Crippen molar-refractivity contribution in [3.05, 3.63) is 34.9 Å². The molecule has 104 valence electrons. The molecule has 1 fully saturated rings. The maximum absolute atomic E-state index is 12.6. The largest absolute Gasteiger partial charge is 0.373 e. The lowest BCUT2D eigenvalue weighted by Crippen LogP contribution is -2.51. The monoisotopic (exact) mass is 281 g/mol. The Kier molecular flexibility index (Phi) is 4.48. The number of amides is 1. The first-order valence-electron chi connectivity index (χ1n) is 6.58. The summed E-state index contributed by atoms with van der Waals surface area (Å²) >= 11 is 5.83. The Morgan fingerprint density at radius 3 is 2.79 bits per heavy atom. The predicted molar refractivity (Wildman–Crippen MR) is 76.9 cm³/mol. The van der Waals surface area contributed by atoms with Crippen molar-refractivity contribution >= 4 is 17.5 Å². The van der Waals surface area contributed by atoms with Gasteiger partial charge in [-0.05, 0) is 44.0 Å². The molecule has 2 unspecified atom stereocenters. The lowest BCUT2D eigenvalue weighted by atomic mass is 10.0. The van der Waals surface area contributed by atoms with Gasteiger partial charge in [0.2, 0.25) is 0 Å². The summed E-state index contributed by atoms with van der Waals surface area (Å²) in [4.78, 5) is 14.4. The minimum Gasteiger partial charge on any atom is -0.373 e. The molecule has 1 amide bonds. The molecule has 3 nitrogen and oxygen atoms in total. The maximum Gasteiger partial charge on any atom is 0.254 e. The molecule has 4 heteroatoms. The van der Waals surface area contributed by atoms with Crippen LogP contribution in [0.1, 0.15) is 28.4 Å². The Hall–Kier alpha value is -1.06. The van der Waals surface area contributed by atoms with Crippen molar-refractivity contribution in [3.63, 3.8) is 0 Å². The summed E-state index contributed by atoms with van der Waals surface area (Å²) in [6.45, 7) is 7.19. The van der Waals surface area contributed by atoms with Crippen LogP contribution in [0.5, 0.6) is 0 Å². The Morgan fingerprint density at radius 1 is 1.42 bits per heavy atom. The number of carbonyl (C=O) groups excluding carboxylic acids is 1. The molecule has 1 heterocycles. The Labute approximate surface area is 119 Å². The number of nitrogens with zero attached hydrogens (tertiary/aromatic N) is 1. The Bertz CT molecular complexity index is 475. The first-order valence-corrected chi connectivity index (χ1v) is 7.12. The van der Waals surface area contributed by atoms with E-state index < -0.39 is 0 Å². The van der Waals surface area contributed by atoms with E-state index in [0.717, 1.165) is 11.1 Å². The summed E-state index contributed by atoms with van der Waals surface area (Å²) in [6, 6.07) is 5.93. The topological polar surface area (TPSA) is 29.5 Å². The fourth-order valence-electron chi connectivity index (χ4n) is 2.23. The van der Waals surface area contributed by atoms with Crippen LogP contribution in [0, 0.1) is 13.8 Å². The number of aryl methyl sites for hydroxylation is 2. The Morgan fingerprint density at radius 2 is 2.16 bits per heavy atom. The van der Waals surface area contributed by atoms with Crippen LogP contribution >= 0.6 is 11.6 Å². The van der Waals surface area contributed by atoms with E-state index in [1.807, 2.05) is 43.9 Å². The van der Waals surface area contributed by atoms with Crippen molar-refractivity contribution in [1.29, 1.82) is 0 Å². The molecule has 0 bridgehead atoms. The summed E-state index contributed by atoms with van der Waals surface area (Å²) in [6.07, 6.45) is -0.0617. The lowest BCUT2D eigenvalue weighted by molar-refractivity contribution is -0.0371. The van der Waals surface area contributed by atoms with E-state index >= 15 is 0 Å². The lowest BCUT2D eigenvalue weighted by Gasteiger charge is -2.37. The van der Waals surface area contributed by atoms with E-state index in [1.165, 1.54) is 5.56 Å². The third-order valence-electron chi connectivity index (χ3n) is 3.69. The Balaban J connectivity index is 2.19. The molecule has 1 saturated heterocycles. The molecule has 0 spiro atoms. The number of rotatable bonds is 2. The number of ether oxygens (including phenoxy) is 1. The smallest absolute Gasteiger partial charge is 0.254 e. The second-order valence-electron chi connectivity index (χ2n) is 5.22. The summed E-state index contributed by atoms with van der Waals surface area (Å²) in [5.41, 5.74) is 3.08. The van der Waals surface area contributed by atoms with Crippen LogP contribution in [-0.2, 0) is 4.74 Å². The van der Waals surface area contributed by atoms with E-state index in [9.17, 15) is 4.79 Å².